The number of benzene rings is 2. The Bertz CT molecular complexity index is 586. The molecule has 0 spiro atoms. The van der Waals surface area contributed by atoms with Crippen molar-refractivity contribution in [3.05, 3.63) is 71.8 Å². The van der Waals surface area contributed by atoms with Crippen LogP contribution < -0.4 is 0 Å². The molecular formula is C16H13F3O. The summed E-state index contributed by atoms with van der Waals surface area (Å²) in [6.45, 7) is 0. The van der Waals surface area contributed by atoms with Gasteiger partial charge in [-0.15, -0.1) is 0 Å². The number of hydrogen-bond acceptors (Lipinski definition) is 1. The second-order valence-electron chi connectivity index (χ2n) is 4.14. The van der Waals surface area contributed by atoms with E-state index in [0.29, 0.717) is 5.56 Å². The first kappa shape index (κ1) is 14.2. The smallest absolute Gasteiger partial charge is 0.420 e. The zero-order valence-electron chi connectivity index (χ0n) is 10.8. The van der Waals surface area contributed by atoms with Gasteiger partial charge in [0.15, 0.2) is 0 Å². The molecule has 104 valence electrons. The zero-order chi connectivity index (χ0) is 14.6. The predicted molar refractivity (Wildman–Crippen MR) is 72.8 cm³/mol. The van der Waals surface area contributed by atoms with Crippen LogP contribution in [0.5, 0.6) is 0 Å². The lowest BCUT2D eigenvalue weighted by Gasteiger charge is -2.17. The number of hydrogen-bond donors (Lipinski definition) is 0. The van der Waals surface area contributed by atoms with Crippen molar-refractivity contribution in [3.8, 4) is 0 Å². The van der Waals surface area contributed by atoms with Gasteiger partial charge in [0.25, 0.3) is 0 Å². The van der Waals surface area contributed by atoms with Crippen molar-refractivity contribution < 1.29 is 17.9 Å². The molecule has 0 radical (unpaired) electrons. The molecule has 0 fully saturated rings. The van der Waals surface area contributed by atoms with Crippen molar-refractivity contribution in [1.29, 1.82) is 0 Å². The van der Waals surface area contributed by atoms with Crippen molar-refractivity contribution in [2.24, 2.45) is 0 Å². The molecule has 0 unspecified atom stereocenters. The topological polar surface area (TPSA) is 9.23 Å². The van der Waals surface area contributed by atoms with E-state index in [9.17, 15) is 13.2 Å². The zero-order valence-corrected chi connectivity index (χ0v) is 10.8. The number of halogens is 3. The van der Waals surface area contributed by atoms with Gasteiger partial charge < -0.3 is 4.74 Å². The first-order chi connectivity index (χ1) is 9.54. The summed E-state index contributed by atoms with van der Waals surface area (Å²) in [6, 6.07) is 15.9. The minimum atomic E-state index is -4.50. The van der Waals surface area contributed by atoms with Crippen LogP contribution in [0.4, 0.5) is 13.2 Å². The Balaban J connectivity index is 2.69. The fourth-order valence-electron chi connectivity index (χ4n) is 1.98. The molecular weight excluding hydrogens is 265 g/mol. The molecule has 2 aromatic rings. The van der Waals surface area contributed by atoms with Crippen molar-refractivity contribution in [2.45, 2.75) is 6.18 Å². The number of rotatable bonds is 3. The second kappa shape index (κ2) is 5.82. The van der Waals surface area contributed by atoms with Crippen LogP contribution in [-0.4, -0.2) is 13.3 Å². The molecule has 0 bridgehead atoms. The summed E-state index contributed by atoms with van der Waals surface area (Å²) in [5, 5.41) is 0. The molecule has 0 aliphatic rings. The van der Waals surface area contributed by atoms with E-state index in [-0.39, 0.29) is 11.3 Å². The summed E-state index contributed by atoms with van der Waals surface area (Å²) >= 11 is 0. The van der Waals surface area contributed by atoms with Gasteiger partial charge in [0.2, 0.25) is 0 Å². The Hall–Kier alpha value is -2.23. The molecule has 0 aliphatic heterocycles. The van der Waals surface area contributed by atoms with E-state index >= 15 is 0 Å². The van der Waals surface area contributed by atoms with E-state index in [4.69, 9.17) is 4.74 Å². The number of ether oxygens (including phenoxy) is 1. The molecule has 2 rings (SSSR count). The molecule has 2 aromatic carbocycles. The van der Waals surface area contributed by atoms with E-state index in [2.05, 4.69) is 0 Å². The Kier molecular flexibility index (Phi) is 4.13. The molecule has 0 amide bonds. The lowest BCUT2D eigenvalue weighted by molar-refractivity contribution is -0.0693. The van der Waals surface area contributed by atoms with Crippen LogP contribution in [0.1, 0.15) is 11.1 Å². The largest absolute Gasteiger partial charge is 0.495 e. The van der Waals surface area contributed by atoms with E-state index in [1.54, 1.807) is 48.5 Å². The summed E-state index contributed by atoms with van der Waals surface area (Å²) in [4.78, 5) is 0. The third kappa shape index (κ3) is 3.02. The van der Waals surface area contributed by atoms with Crippen molar-refractivity contribution in [3.63, 3.8) is 0 Å². The minimum Gasteiger partial charge on any atom is -0.495 e. The maximum atomic E-state index is 13.4. The fourth-order valence-corrected chi connectivity index (χ4v) is 1.98. The third-order valence-electron chi connectivity index (χ3n) is 2.81. The maximum Gasteiger partial charge on any atom is 0.420 e. The molecule has 0 saturated heterocycles. The number of allylic oxidation sites excluding steroid dienone is 1. The van der Waals surface area contributed by atoms with Gasteiger partial charge in [-0.3, -0.25) is 0 Å². The lowest BCUT2D eigenvalue weighted by Crippen LogP contribution is -2.14. The molecule has 20 heavy (non-hydrogen) atoms. The summed E-state index contributed by atoms with van der Waals surface area (Å²) in [5.41, 5.74) is -0.293. The Morgan fingerprint density at radius 2 is 1.25 bits per heavy atom. The Labute approximate surface area is 115 Å². The van der Waals surface area contributed by atoms with Crippen LogP contribution in [0, 0.1) is 0 Å². The summed E-state index contributed by atoms with van der Waals surface area (Å²) in [7, 11) is 1.25. The predicted octanol–water partition coefficient (Wildman–Crippen LogP) is 4.76. The highest BCUT2D eigenvalue weighted by Gasteiger charge is 2.38. The molecule has 0 aromatic heterocycles. The van der Waals surface area contributed by atoms with Crippen LogP contribution >= 0.6 is 0 Å². The average Bonchev–Trinajstić information content (AvgIpc) is 2.45. The highest BCUT2D eigenvalue weighted by atomic mass is 19.4. The van der Waals surface area contributed by atoms with Gasteiger partial charge in [0, 0.05) is 5.56 Å². The maximum absolute atomic E-state index is 13.4. The normalized spacial score (nSPS) is 12.8. The first-order valence-electron chi connectivity index (χ1n) is 6.00. The third-order valence-corrected chi connectivity index (χ3v) is 2.81. The van der Waals surface area contributed by atoms with Crippen molar-refractivity contribution >= 4 is 11.3 Å². The van der Waals surface area contributed by atoms with E-state index < -0.39 is 11.7 Å². The molecule has 0 N–H and O–H groups in total. The SMILES string of the molecule is CO/C(=C(/c1ccccc1)C(F)(F)F)c1ccccc1. The van der Waals surface area contributed by atoms with Gasteiger partial charge in [-0.1, -0.05) is 60.7 Å². The van der Waals surface area contributed by atoms with Crippen LogP contribution in [0.3, 0.4) is 0 Å². The highest BCUT2D eigenvalue weighted by Crippen LogP contribution is 2.39. The van der Waals surface area contributed by atoms with Gasteiger partial charge in [0.05, 0.1) is 7.11 Å². The van der Waals surface area contributed by atoms with E-state index in [0.717, 1.165) is 0 Å². The summed E-state index contributed by atoms with van der Waals surface area (Å²) in [6.07, 6.45) is -4.50. The van der Waals surface area contributed by atoms with Crippen molar-refractivity contribution in [2.75, 3.05) is 7.11 Å². The monoisotopic (exact) mass is 278 g/mol. The summed E-state index contributed by atoms with van der Waals surface area (Å²) < 4.78 is 45.2. The van der Waals surface area contributed by atoms with Crippen LogP contribution in [0.2, 0.25) is 0 Å². The van der Waals surface area contributed by atoms with Gasteiger partial charge in [0.1, 0.15) is 11.3 Å². The van der Waals surface area contributed by atoms with Gasteiger partial charge in [-0.25, -0.2) is 0 Å². The number of alkyl halides is 3. The van der Waals surface area contributed by atoms with Crippen molar-refractivity contribution in [1.82, 2.24) is 0 Å². The quantitative estimate of drug-likeness (QED) is 0.581. The average molecular weight is 278 g/mol. The molecule has 1 nitrogen and oxygen atoms in total. The van der Waals surface area contributed by atoms with Crippen LogP contribution in [0.25, 0.3) is 11.3 Å². The molecule has 0 atom stereocenters. The first-order valence-corrected chi connectivity index (χ1v) is 6.00. The van der Waals surface area contributed by atoms with Gasteiger partial charge in [-0.2, -0.15) is 13.2 Å². The summed E-state index contributed by atoms with van der Waals surface area (Å²) in [5.74, 6) is -0.177. The molecule has 0 saturated carbocycles. The van der Waals surface area contributed by atoms with Gasteiger partial charge in [-0.05, 0) is 5.56 Å². The minimum absolute atomic E-state index is 0.0840. The van der Waals surface area contributed by atoms with E-state index in [1.807, 2.05) is 0 Å². The standard InChI is InChI=1S/C16H13F3O/c1-20-15(13-10-6-3-7-11-13)14(16(17,18)19)12-8-4-2-5-9-12/h2-11H,1H3/b15-14-. The fraction of sp³-hybridized carbons (Fsp3) is 0.125. The highest BCUT2D eigenvalue weighted by molar-refractivity contribution is 5.90. The van der Waals surface area contributed by atoms with Gasteiger partial charge >= 0.3 is 6.18 Å². The Morgan fingerprint density at radius 3 is 1.65 bits per heavy atom. The second-order valence-corrected chi connectivity index (χ2v) is 4.14. The Morgan fingerprint density at radius 1 is 0.800 bits per heavy atom. The van der Waals surface area contributed by atoms with Crippen LogP contribution in [-0.2, 0) is 4.74 Å². The molecule has 4 heteroatoms. The number of methoxy groups -OCH3 is 1. The van der Waals surface area contributed by atoms with E-state index in [1.165, 1.54) is 19.2 Å². The van der Waals surface area contributed by atoms with Crippen LogP contribution in [0.15, 0.2) is 60.7 Å². The molecule has 0 heterocycles. The lowest BCUT2D eigenvalue weighted by atomic mass is 10.0. The molecule has 0 aliphatic carbocycles.